The van der Waals surface area contributed by atoms with E-state index in [0.29, 0.717) is 28.6 Å². The fourth-order valence-corrected chi connectivity index (χ4v) is 2.61. The van der Waals surface area contributed by atoms with E-state index in [0.717, 1.165) is 5.56 Å². The Balaban J connectivity index is 1.66. The topological polar surface area (TPSA) is 75.4 Å². The molecule has 0 aliphatic carbocycles. The lowest BCUT2D eigenvalue weighted by molar-refractivity contribution is -0.115. The summed E-state index contributed by atoms with van der Waals surface area (Å²) in [7, 11) is 3.39. The molecule has 0 radical (unpaired) electrons. The zero-order chi connectivity index (χ0) is 19.4. The lowest BCUT2D eigenvalue weighted by Gasteiger charge is -2.10. The molecule has 2 amide bonds. The molecule has 0 atom stereocenters. The number of oxazole rings is 1. The van der Waals surface area contributed by atoms with E-state index in [4.69, 9.17) is 4.42 Å². The van der Waals surface area contributed by atoms with Gasteiger partial charge in [-0.1, -0.05) is 18.2 Å². The number of amides is 2. The quantitative estimate of drug-likeness (QED) is 0.752. The van der Waals surface area contributed by atoms with Crippen LogP contribution >= 0.6 is 0 Å². The number of aromatic nitrogens is 1. The molecule has 1 heterocycles. The van der Waals surface area contributed by atoms with Crippen molar-refractivity contribution in [2.75, 3.05) is 19.4 Å². The Morgan fingerprint density at radius 2 is 1.70 bits per heavy atom. The van der Waals surface area contributed by atoms with Crippen LogP contribution in [0.15, 0.2) is 59.0 Å². The van der Waals surface area contributed by atoms with Crippen molar-refractivity contribution < 1.29 is 14.0 Å². The van der Waals surface area contributed by atoms with Gasteiger partial charge in [0.15, 0.2) is 0 Å². The number of benzene rings is 2. The summed E-state index contributed by atoms with van der Waals surface area (Å²) in [4.78, 5) is 30.2. The molecule has 3 rings (SSSR count). The molecular weight excluding hydrogens is 342 g/mol. The van der Waals surface area contributed by atoms with E-state index in [1.807, 2.05) is 30.3 Å². The van der Waals surface area contributed by atoms with E-state index in [-0.39, 0.29) is 18.2 Å². The van der Waals surface area contributed by atoms with Crippen LogP contribution in [-0.4, -0.2) is 35.8 Å². The molecule has 0 bridgehead atoms. The molecule has 0 unspecified atom stereocenters. The van der Waals surface area contributed by atoms with Crippen LogP contribution in [0.2, 0.25) is 0 Å². The Kier molecular flexibility index (Phi) is 5.35. The van der Waals surface area contributed by atoms with Gasteiger partial charge >= 0.3 is 0 Å². The minimum Gasteiger partial charge on any atom is -0.441 e. The van der Waals surface area contributed by atoms with Gasteiger partial charge in [-0.3, -0.25) is 9.59 Å². The van der Waals surface area contributed by atoms with Gasteiger partial charge in [-0.25, -0.2) is 4.98 Å². The molecule has 1 aromatic heterocycles. The molecule has 2 aromatic carbocycles. The molecular formula is C21H21N3O3. The number of hydrogen-bond donors (Lipinski definition) is 1. The van der Waals surface area contributed by atoms with E-state index in [9.17, 15) is 9.59 Å². The van der Waals surface area contributed by atoms with E-state index < -0.39 is 0 Å². The SMILES string of the molecule is Cc1oc(-c2ccccc2)nc1CC(=O)Nc1ccc(C(=O)N(C)C)cc1. The van der Waals surface area contributed by atoms with Crippen molar-refractivity contribution in [2.45, 2.75) is 13.3 Å². The van der Waals surface area contributed by atoms with Crippen molar-refractivity contribution in [1.29, 1.82) is 0 Å². The van der Waals surface area contributed by atoms with Crippen molar-refractivity contribution in [3.05, 3.63) is 71.6 Å². The van der Waals surface area contributed by atoms with E-state index in [1.54, 1.807) is 45.3 Å². The molecule has 0 aliphatic heterocycles. The first-order valence-electron chi connectivity index (χ1n) is 8.57. The molecule has 6 heteroatoms. The van der Waals surface area contributed by atoms with Gasteiger partial charge in [-0.15, -0.1) is 0 Å². The first kappa shape index (κ1) is 18.4. The summed E-state index contributed by atoms with van der Waals surface area (Å²) in [5.41, 5.74) is 2.66. The number of carbonyl (C=O) groups excluding carboxylic acids is 2. The molecule has 0 saturated heterocycles. The third kappa shape index (κ3) is 4.41. The normalized spacial score (nSPS) is 10.5. The maximum absolute atomic E-state index is 12.3. The monoisotopic (exact) mass is 363 g/mol. The van der Waals surface area contributed by atoms with Crippen molar-refractivity contribution in [3.8, 4) is 11.5 Å². The molecule has 0 aliphatic rings. The number of carbonyl (C=O) groups is 2. The highest BCUT2D eigenvalue weighted by Crippen LogP contribution is 2.22. The molecule has 3 aromatic rings. The van der Waals surface area contributed by atoms with Crippen LogP contribution < -0.4 is 5.32 Å². The molecule has 6 nitrogen and oxygen atoms in total. The zero-order valence-corrected chi connectivity index (χ0v) is 15.5. The van der Waals surface area contributed by atoms with Crippen LogP contribution in [0, 0.1) is 6.92 Å². The number of aryl methyl sites for hydroxylation is 1. The highest BCUT2D eigenvalue weighted by atomic mass is 16.4. The van der Waals surface area contributed by atoms with Gasteiger partial charge < -0.3 is 14.6 Å². The maximum Gasteiger partial charge on any atom is 0.253 e. The standard InChI is InChI=1S/C21H21N3O3/c1-14-18(23-20(27-14)15-7-5-4-6-8-15)13-19(25)22-17-11-9-16(10-12-17)21(26)24(2)3/h4-12H,13H2,1-3H3,(H,22,25). The second kappa shape index (κ2) is 7.86. The summed E-state index contributed by atoms with van der Waals surface area (Å²) < 4.78 is 5.68. The van der Waals surface area contributed by atoms with Crippen LogP contribution in [0.1, 0.15) is 21.8 Å². The van der Waals surface area contributed by atoms with Crippen LogP contribution in [0.25, 0.3) is 11.5 Å². The predicted molar refractivity (Wildman–Crippen MR) is 103 cm³/mol. The average molecular weight is 363 g/mol. The zero-order valence-electron chi connectivity index (χ0n) is 15.5. The average Bonchev–Trinajstić information content (AvgIpc) is 3.03. The summed E-state index contributed by atoms with van der Waals surface area (Å²) >= 11 is 0. The van der Waals surface area contributed by atoms with Crippen molar-refractivity contribution in [1.82, 2.24) is 9.88 Å². The lowest BCUT2D eigenvalue weighted by Crippen LogP contribution is -2.21. The third-order valence-electron chi connectivity index (χ3n) is 4.06. The van der Waals surface area contributed by atoms with E-state index in [2.05, 4.69) is 10.3 Å². The highest BCUT2D eigenvalue weighted by Gasteiger charge is 2.15. The molecule has 138 valence electrons. The van der Waals surface area contributed by atoms with Crippen LogP contribution in [0.3, 0.4) is 0 Å². The minimum absolute atomic E-state index is 0.0838. The fraction of sp³-hybridized carbons (Fsp3) is 0.190. The Hall–Kier alpha value is -3.41. The second-order valence-electron chi connectivity index (χ2n) is 6.39. The molecule has 0 saturated carbocycles. The number of rotatable bonds is 5. The minimum atomic E-state index is -0.197. The van der Waals surface area contributed by atoms with E-state index >= 15 is 0 Å². The molecule has 0 fully saturated rings. The van der Waals surface area contributed by atoms with Crippen LogP contribution in [-0.2, 0) is 11.2 Å². The summed E-state index contributed by atoms with van der Waals surface area (Å²) in [5, 5.41) is 2.82. The lowest BCUT2D eigenvalue weighted by atomic mass is 10.2. The van der Waals surface area contributed by atoms with Gasteiger partial charge in [0.05, 0.1) is 12.1 Å². The second-order valence-corrected chi connectivity index (χ2v) is 6.39. The van der Waals surface area contributed by atoms with E-state index in [1.165, 1.54) is 4.90 Å². The largest absolute Gasteiger partial charge is 0.441 e. The Labute approximate surface area is 157 Å². The predicted octanol–water partition coefficient (Wildman–Crippen LogP) is 3.53. The van der Waals surface area contributed by atoms with Crippen molar-refractivity contribution in [3.63, 3.8) is 0 Å². The number of nitrogens with one attached hydrogen (secondary N) is 1. The third-order valence-corrected chi connectivity index (χ3v) is 4.06. The van der Waals surface area contributed by atoms with Crippen molar-refractivity contribution in [2.24, 2.45) is 0 Å². The molecule has 27 heavy (non-hydrogen) atoms. The van der Waals surface area contributed by atoms with Crippen LogP contribution in [0.4, 0.5) is 5.69 Å². The maximum atomic E-state index is 12.3. The first-order valence-corrected chi connectivity index (χ1v) is 8.57. The van der Waals surface area contributed by atoms with Gasteiger partial charge in [0.2, 0.25) is 11.8 Å². The smallest absolute Gasteiger partial charge is 0.253 e. The van der Waals surface area contributed by atoms with Crippen LogP contribution in [0.5, 0.6) is 0 Å². The summed E-state index contributed by atoms with van der Waals surface area (Å²) in [5.74, 6) is 0.843. The van der Waals surface area contributed by atoms with Gasteiger partial charge in [0, 0.05) is 30.9 Å². The Morgan fingerprint density at radius 1 is 1.04 bits per heavy atom. The summed E-state index contributed by atoms with van der Waals surface area (Å²) in [6, 6.07) is 16.3. The Bertz CT molecular complexity index is 945. The van der Waals surface area contributed by atoms with Gasteiger partial charge in [-0.2, -0.15) is 0 Å². The Morgan fingerprint density at radius 3 is 2.33 bits per heavy atom. The number of hydrogen-bond acceptors (Lipinski definition) is 4. The fourth-order valence-electron chi connectivity index (χ4n) is 2.61. The first-order chi connectivity index (χ1) is 12.9. The number of anilines is 1. The van der Waals surface area contributed by atoms with Crippen molar-refractivity contribution >= 4 is 17.5 Å². The summed E-state index contributed by atoms with van der Waals surface area (Å²) in [6.45, 7) is 1.80. The van der Waals surface area contributed by atoms with Gasteiger partial charge in [0.25, 0.3) is 5.91 Å². The molecule has 1 N–H and O–H groups in total. The summed E-state index contributed by atoms with van der Waals surface area (Å²) in [6.07, 6.45) is 0.112. The van der Waals surface area contributed by atoms with Gasteiger partial charge in [0.1, 0.15) is 5.76 Å². The van der Waals surface area contributed by atoms with Gasteiger partial charge in [-0.05, 0) is 43.3 Å². The highest BCUT2D eigenvalue weighted by molar-refractivity contribution is 5.96. The molecule has 0 spiro atoms. The number of nitrogens with zero attached hydrogens (tertiary/aromatic N) is 2.